The van der Waals surface area contributed by atoms with Crippen LogP contribution in [0.15, 0.2) is 36.4 Å². The van der Waals surface area contributed by atoms with Crippen LogP contribution < -0.4 is 5.32 Å². The van der Waals surface area contributed by atoms with Crippen molar-refractivity contribution < 1.29 is 4.79 Å². The maximum absolute atomic E-state index is 12.3. The van der Waals surface area contributed by atoms with Gasteiger partial charge in [0.05, 0.1) is 6.04 Å². The Morgan fingerprint density at radius 2 is 1.83 bits per heavy atom. The average Bonchev–Trinajstić information content (AvgIpc) is 3.03. The summed E-state index contributed by atoms with van der Waals surface area (Å²) in [7, 11) is 0. The van der Waals surface area contributed by atoms with Gasteiger partial charge in [0.25, 0.3) is 0 Å². The first-order valence-electron chi connectivity index (χ1n) is 9.00. The SMILES string of the molecule is Cc1ccc(CCC(=O)NC(C)c2ccc3c(c2)CCC3)cc1C. The van der Waals surface area contributed by atoms with E-state index in [1.165, 1.54) is 52.6 Å². The van der Waals surface area contributed by atoms with E-state index < -0.39 is 0 Å². The molecule has 1 aliphatic rings. The van der Waals surface area contributed by atoms with Crippen molar-refractivity contribution in [3.63, 3.8) is 0 Å². The summed E-state index contributed by atoms with van der Waals surface area (Å²) in [5.41, 5.74) is 7.98. The second-order valence-electron chi connectivity index (χ2n) is 7.09. The van der Waals surface area contributed by atoms with Gasteiger partial charge in [-0.05, 0) is 79.8 Å². The zero-order valence-corrected chi connectivity index (χ0v) is 15.0. The quantitative estimate of drug-likeness (QED) is 0.856. The van der Waals surface area contributed by atoms with Crippen LogP contribution in [0.4, 0.5) is 0 Å². The number of nitrogens with one attached hydrogen (secondary N) is 1. The molecule has 1 aliphatic carbocycles. The number of amides is 1. The summed E-state index contributed by atoms with van der Waals surface area (Å²) in [6.07, 6.45) is 4.97. The van der Waals surface area contributed by atoms with Crippen LogP contribution in [-0.2, 0) is 24.1 Å². The molecule has 1 unspecified atom stereocenters. The van der Waals surface area contributed by atoms with Gasteiger partial charge in [0.2, 0.25) is 5.91 Å². The highest BCUT2D eigenvalue weighted by Crippen LogP contribution is 2.25. The molecule has 1 amide bonds. The Balaban J connectivity index is 1.55. The molecule has 0 saturated carbocycles. The summed E-state index contributed by atoms with van der Waals surface area (Å²) in [4.78, 5) is 12.3. The van der Waals surface area contributed by atoms with E-state index in [1.807, 2.05) is 0 Å². The summed E-state index contributed by atoms with van der Waals surface area (Å²) < 4.78 is 0. The van der Waals surface area contributed by atoms with E-state index in [0.717, 1.165) is 6.42 Å². The van der Waals surface area contributed by atoms with Gasteiger partial charge >= 0.3 is 0 Å². The van der Waals surface area contributed by atoms with Gasteiger partial charge in [0.1, 0.15) is 0 Å². The highest BCUT2D eigenvalue weighted by Gasteiger charge is 2.15. The predicted molar refractivity (Wildman–Crippen MR) is 99.3 cm³/mol. The molecule has 2 aromatic carbocycles. The molecular weight excluding hydrogens is 294 g/mol. The molecule has 0 fully saturated rings. The zero-order valence-electron chi connectivity index (χ0n) is 15.0. The van der Waals surface area contributed by atoms with E-state index >= 15 is 0 Å². The van der Waals surface area contributed by atoms with Crippen LogP contribution in [0.5, 0.6) is 0 Å². The average molecular weight is 321 g/mol. The van der Waals surface area contributed by atoms with Crippen LogP contribution in [-0.4, -0.2) is 5.91 Å². The van der Waals surface area contributed by atoms with Crippen molar-refractivity contribution in [2.24, 2.45) is 0 Å². The number of hydrogen-bond acceptors (Lipinski definition) is 1. The number of carbonyl (C=O) groups is 1. The maximum Gasteiger partial charge on any atom is 0.220 e. The lowest BCUT2D eigenvalue weighted by molar-refractivity contribution is -0.121. The third kappa shape index (κ3) is 3.87. The van der Waals surface area contributed by atoms with Crippen LogP contribution in [0.3, 0.4) is 0 Å². The van der Waals surface area contributed by atoms with Crippen molar-refractivity contribution in [2.75, 3.05) is 0 Å². The van der Waals surface area contributed by atoms with Gasteiger partial charge in [0.15, 0.2) is 0 Å². The van der Waals surface area contributed by atoms with Crippen LogP contribution in [0.2, 0.25) is 0 Å². The van der Waals surface area contributed by atoms with Gasteiger partial charge in [-0.1, -0.05) is 36.4 Å². The number of hydrogen-bond donors (Lipinski definition) is 1. The molecule has 126 valence electrons. The highest BCUT2D eigenvalue weighted by atomic mass is 16.1. The van der Waals surface area contributed by atoms with Crippen molar-refractivity contribution in [3.05, 3.63) is 69.8 Å². The Kier molecular flexibility index (Phi) is 5.03. The summed E-state index contributed by atoms with van der Waals surface area (Å²) in [5.74, 6) is 0.126. The molecule has 0 saturated heterocycles. The molecule has 24 heavy (non-hydrogen) atoms. The lowest BCUT2D eigenvalue weighted by Crippen LogP contribution is -2.26. The minimum absolute atomic E-state index is 0.0724. The molecule has 0 spiro atoms. The monoisotopic (exact) mass is 321 g/mol. The first-order chi connectivity index (χ1) is 11.5. The molecular formula is C22H27NO. The van der Waals surface area contributed by atoms with Crippen LogP contribution in [0, 0.1) is 13.8 Å². The predicted octanol–water partition coefficient (Wildman–Crippen LogP) is 4.60. The standard InChI is InChI=1S/C22H27NO/c1-15-7-8-18(13-16(15)2)9-12-22(24)23-17(3)20-11-10-19-5-4-6-21(19)14-20/h7-8,10-11,13-14,17H,4-6,9,12H2,1-3H3,(H,23,24). The zero-order chi connectivity index (χ0) is 17.1. The number of aryl methyl sites for hydroxylation is 5. The van der Waals surface area contributed by atoms with Gasteiger partial charge in [0, 0.05) is 6.42 Å². The molecule has 2 heteroatoms. The Hall–Kier alpha value is -2.09. The van der Waals surface area contributed by atoms with Crippen molar-refractivity contribution in [3.8, 4) is 0 Å². The summed E-state index contributed by atoms with van der Waals surface area (Å²) in [6, 6.07) is 13.2. The van der Waals surface area contributed by atoms with E-state index in [1.54, 1.807) is 0 Å². The van der Waals surface area contributed by atoms with E-state index in [4.69, 9.17) is 0 Å². The van der Waals surface area contributed by atoms with Crippen LogP contribution in [0.25, 0.3) is 0 Å². The second-order valence-corrected chi connectivity index (χ2v) is 7.09. The van der Waals surface area contributed by atoms with Gasteiger partial charge < -0.3 is 5.32 Å². The van der Waals surface area contributed by atoms with E-state index in [9.17, 15) is 4.79 Å². The van der Waals surface area contributed by atoms with Crippen LogP contribution in [0.1, 0.15) is 59.2 Å². The summed E-state index contributed by atoms with van der Waals surface area (Å²) >= 11 is 0. The molecule has 0 radical (unpaired) electrons. The molecule has 1 atom stereocenters. The van der Waals surface area contributed by atoms with Crippen LogP contribution >= 0.6 is 0 Å². The number of benzene rings is 2. The fourth-order valence-electron chi connectivity index (χ4n) is 3.47. The van der Waals surface area contributed by atoms with Crippen molar-refractivity contribution in [1.29, 1.82) is 0 Å². The molecule has 3 rings (SSSR count). The topological polar surface area (TPSA) is 29.1 Å². The maximum atomic E-state index is 12.3. The summed E-state index contributed by atoms with van der Waals surface area (Å²) in [6.45, 7) is 6.31. The highest BCUT2D eigenvalue weighted by molar-refractivity contribution is 5.76. The molecule has 0 bridgehead atoms. The third-order valence-corrected chi connectivity index (χ3v) is 5.21. The fourth-order valence-corrected chi connectivity index (χ4v) is 3.47. The minimum atomic E-state index is 0.0724. The molecule has 1 N–H and O–H groups in total. The normalized spacial score (nSPS) is 14.3. The third-order valence-electron chi connectivity index (χ3n) is 5.21. The minimum Gasteiger partial charge on any atom is -0.350 e. The Bertz CT molecular complexity index is 748. The Morgan fingerprint density at radius 3 is 2.62 bits per heavy atom. The largest absolute Gasteiger partial charge is 0.350 e. The lowest BCUT2D eigenvalue weighted by atomic mass is 10.0. The van der Waals surface area contributed by atoms with Crippen molar-refractivity contribution >= 4 is 5.91 Å². The van der Waals surface area contributed by atoms with Gasteiger partial charge in [-0.25, -0.2) is 0 Å². The smallest absolute Gasteiger partial charge is 0.220 e. The molecule has 2 aromatic rings. The molecule has 2 nitrogen and oxygen atoms in total. The number of rotatable bonds is 5. The molecule has 0 heterocycles. The Morgan fingerprint density at radius 1 is 1.04 bits per heavy atom. The van der Waals surface area contributed by atoms with Crippen molar-refractivity contribution in [1.82, 2.24) is 5.32 Å². The number of fused-ring (bicyclic) bond motifs is 1. The Labute approximate surface area is 145 Å². The van der Waals surface area contributed by atoms with Gasteiger partial charge in [-0.2, -0.15) is 0 Å². The van der Waals surface area contributed by atoms with E-state index in [0.29, 0.717) is 6.42 Å². The van der Waals surface area contributed by atoms with Crippen molar-refractivity contribution in [2.45, 2.75) is 58.9 Å². The second kappa shape index (κ2) is 7.21. The van der Waals surface area contributed by atoms with E-state index in [2.05, 4.69) is 62.5 Å². The van der Waals surface area contributed by atoms with E-state index in [-0.39, 0.29) is 11.9 Å². The first-order valence-corrected chi connectivity index (χ1v) is 9.00. The molecule has 0 aliphatic heterocycles. The lowest BCUT2D eigenvalue weighted by Gasteiger charge is -2.16. The number of carbonyl (C=O) groups excluding carboxylic acids is 1. The van der Waals surface area contributed by atoms with Gasteiger partial charge in [-0.15, -0.1) is 0 Å². The molecule has 0 aromatic heterocycles. The fraction of sp³-hybridized carbons (Fsp3) is 0.409. The summed E-state index contributed by atoms with van der Waals surface area (Å²) in [5, 5.41) is 3.14. The first kappa shape index (κ1) is 16.8. The van der Waals surface area contributed by atoms with Gasteiger partial charge in [-0.3, -0.25) is 4.79 Å².